The highest BCUT2D eigenvalue weighted by molar-refractivity contribution is 5.76. The molecule has 31 heavy (non-hydrogen) atoms. The number of halogens is 1. The Labute approximate surface area is 185 Å². The molecule has 3 heterocycles. The predicted molar refractivity (Wildman–Crippen MR) is 123 cm³/mol. The van der Waals surface area contributed by atoms with Gasteiger partial charge in [-0.25, -0.2) is 9.37 Å². The Morgan fingerprint density at radius 1 is 1.13 bits per heavy atom. The van der Waals surface area contributed by atoms with Crippen LogP contribution in [0.2, 0.25) is 0 Å². The molecule has 5 heteroatoms. The number of benzene rings is 1. The highest BCUT2D eigenvalue weighted by Gasteiger charge is 2.54. The van der Waals surface area contributed by atoms with Gasteiger partial charge in [-0.1, -0.05) is 13.8 Å². The predicted octanol–water partition coefficient (Wildman–Crippen LogP) is 4.96. The molecule has 2 aromatic rings. The summed E-state index contributed by atoms with van der Waals surface area (Å²) < 4.78 is 16.4. The van der Waals surface area contributed by atoms with Gasteiger partial charge in [0.2, 0.25) is 0 Å². The van der Waals surface area contributed by atoms with Gasteiger partial charge in [-0.05, 0) is 80.4 Å². The van der Waals surface area contributed by atoms with Gasteiger partial charge in [-0.3, -0.25) is 0 Å². The SMILES string of the molecule is CC1(C)[C@H]2CC[C@@H](CN3CCC(n4c(C5CCNC5)nc5cc(F)ccc54)CC3)[C@@H]1C2. The zero-order chi connectivity index (χ0) is 21.2. The van der Waals surface area contributed by atoms with Crippen molar-refractivity contribution < 1.29 is 4.39 Å². The van der Waals surface area contributed by atoms with Gasteiger partial charge in [0.1, 0.15) is 11.6 Å². The van der Waals surface area contributed by atoms with Crippen LogP contribution in [-0.4, -0.2) is 47.2 Å². The molecule has 1 unspecified atom stereocenters. The maximum atomic E-state index is 13.9. The first-order valence-corrected chi connectivity index (χ1v) is 12.6. The zero-order valence-electron chi connectivity index (χ0n) is 19.1. The van der Waals surface area contributed by atoms with E-state index in [0.29, 0.717) is 17.4 Å². The number of piperidine rings is 1. The van der Waals surface area contributed by atoms with Gasteiger partial charge in [0.05, 0.1) is 11.0 Å². The van der Waals surface area contributed by atoms with E-state index in [2.05, 4.69) is 28.6 Å². The minimum atomic E-state index is -0.184. The molecule has 0 radical (unpaired) electrons. The summed E-state index contributed by atoms with van der Waals surface area (Å²) in [6.45, 7) is 10.7. The maximum Gasteiger partial charge on any atom is 0.125 e. The van der Waals surface area contributed by atoms with Crippen LogP contribution in [0.5, 0.6) is 0 Å². The molecule has 3 saturated carbocycles. The topological polar surface area (TPSA) is 33.1 Å². The third kappa shape index (κ3) is 3.34. The fraction of sp³-hybridized carbons (Fsp3) is 0.731. The minimum absolute atomic E-state index is 0.184. The van der Waals surface area contributed by atoms with Crippen molar-refractivity contribution >= 4 is 11.0 Å². The molecule has 168 valence electrons. The highest BCUT2D eigenvalue weighted by atomic mass is 19.1. The monoisotopic (exact) mass is 424 g/mol. The van der Waals surface area contributed by atoms with Crippen LogP contribution < -0.4 is 5.32 Å². The van der Waals surface area contributed by atoms with E-state index in [1.807, 2.05) is 6.07 Å². The van der Waals surface area contributed by atoms with Crippen molar-refractivity contribution in [1.29, 1.82) is 0 Å². The molecule has 7 rings (SSSR count). The molecule has 2 saturated heterocycles. The van der Waals surface area contributed by atoms with Crippen molar-refractivity contribution in [3.63, 3.8) is 0 Å². The normalized spacial score (nSPS) is 33.6. The summed E-state index contributed by atoms with van der Waals surface area (Å²) in [7, 11) is 0. The second-order valence-corrected chi connectivity index (χ2v) is 11.4. The smallest absolute Gasteiger partial charge is 0.125 e. The Morgan fingerprint density at radius 2 is 1.97 bits per heavy atom. The van der Waals surface area contributed by atoms with Crippen molar-refractivity contribution in [2.75, 3.05) is 32.7 Å². The lowest BCUT2D eigenvalue weighted by Crippen LogP contribution is -2.55. The fourth-order valence-electron chi connectivity index (χ4n) is 7.51. The molecule has 4 nitrogen and oxygen atoms in total. The van der Waals surface area contributed by atoms with Crippen LogP contribution >= 0.6 is 0 Å². The van der Waals surface area contributed by atoms with E-state index in [4.69, 9.17) is 4.98 Å². The number of nitrogens with one attached hydrogen (secondary N) is 1. The van der Waals surface area contributed by atoms with Crippen molar-refractivity contribution in [3.8, 4) is 0 Å². The van der Waals surface area contributed by atoms with Gasteiger partial charge in [0.15, 0.2) is 0 Å². The van der Waals surface area contributed by atoms with Crippen molar-refractivity contribution in [2.24, 2.45) is 23.2 Å². The van der Waals surface area contributed by atoms with Gasteiger partial charge in [-0.15, -0.1) is 0 Å². The molecule has 3 aliphatic carbocycles. The fourth-order valence-corrected chi connectivity index (χ4v) is 7.51. The van der Waals surface area contributed by atoms with E-state index in [1.54, 1.807) is 12.1 Å². The van der Waals surface area contributed by atoms with E-state index in [1.165, 1.54) is 57.6 Å². The van der Waals surface area contributed by atoms with Gasteiger partial charge in [0, 0.05) is 44.2 Å². The van der Waals surface area contributed by atoms with Crippen molar-refractivity contribution in [3.05, 3.63) is 29.8 Å². The molecule has 5 fully saturated rings. The number of likely N-dealkylation sites (tertiary alicyclic amines) is 1. The number of imidazole rings is 1. The van der Waals surface area contributed by atoms with E-state index in [9.17, 15) is 4.39 Å². The highest BCUT2D eigenvalue weighted by Crippen LogP contribution is 2.61. The molecule has 5 aliphatic rings. The van der Waals surface area contributed by atoms with Crippen LogP contribution in [-0.2, 0) is 0 Å². The van der Waals surface area contributed by atoms with Crippen molar-refractivity contribution in [2.45, 2.75) is 64.3 Å². The molecule has 1 aromatic heterocycles. The number of fused-ring (bicyclic) bond motifs is 3. The first kappa shape index (κ1) is 20.2. The first-order valence-electron chi connectivity index (χ1n) is 12.6. The molecular weight excluding hydrogens is 387 g/mol. The average molecular weight is 425 g/mol. The Hall–Kier alpha value is -1.46. The summed E-state index contributed by atoms with van der Waals surface area (Å²) >= 11 is 0. The number of nitrogens with zero attached hydrogens (tertiary/aromatic N) is 3. The van der Waals surface area contributed by atoms with Crippen LogP contribution in [0.1, 0.15) is 70.2 Å². The second kappa shape index (κ2) is 7.55. The van der Waals surface area contributed by atoms with E-state index >= 15 is 0 Å². The van der Waals surface area contributed by atoms with Crippen LogP contribution in [0.4, 0.5) is 4.39 Å². The molecule has 1 aromatic carbocycles. The molecule has 1 N–H and O–H groups in total. The van der Waals surface area contributed by atoms with Gasteiger partial charge < -0.3 is 14.8 Å². The third-order valence-electron chi connectivity index (χ3n) is 9.52. The standard InChI is InChI=1S/C26H37FN4/c1-26(2)19-4-3-18(22(26)13-19)16-30-11-8-21(9-12-30)31-24-6-5-20(27)14-23(24)29-25(31)17-7-10-28-15-17/h5-6,14,17-19,21-22,28H,3-4,7-13,15-16H2,1-2H3/t17?,18-,19-,22-/m0/s1. The average Bonchev–Trinajstić information content (AvgIpc) is 3.42. The summed E-state index contributed by atoms with van der Waals surface area (Å²) in [6.07, 6.45) is 7.85. The van der Waals surface area contributed by atoms with E-state index < -0.39 is 0 Å². The number of aromatic nitrogens is 2. The van der Waals surface area contributed by atoms with Gasteiger partial charge in [0.25, 0.3) is 0 Å². The molecule has 0 spiro atoms. The second-order valence-electron chi connectivity index (χ2n) is 11.4. The zero-order valence-corrected chi connectivity index (χ0v) is 19.1. The summed E-state index contributed by atoms with van der Waals surface area (Å²) in [5, 5.41) is 3.49. The molecule has 4 atom stereocenters. The van der Waals surface area contributed by atoms with E-state index in [0.717, 1.165) is 48.3 Å². The lowest BCUT2D eigenvalue weighted by atomic mass is 9.45. The Morgan fingerprint density at radius 3 is 2.68 bits per heavy atom. The quantitative estimate of drug-likeness (QED) is 0.753. The molecule has 2 aliphatic heterocycles. The summed E-state index contributed by atoms with van der Waals surface area (Å²) in [5.74, 6) is 4.27. The Kier molecular flexibility index (Phi) is 4.91. The van der Waals surface area contributed by atoms with Crippen molar-refractivity contribution in [1.82, 2.24) is 19.8 Å². The van der Waals surface area contributed by atoms with Crippen LogP contribution in [0.15, 0.2) is 18.2 Å². The molecular formula is C26H37FN4. The minimum Gasteiger partial charge on any atom is -0.324 e. The van der Waals surface area contributed by atoms with Crippen LogP contribution in [0.3, 0.4) is 0 Å². The Balaban J connectivity index is 1.19. The van der Waals surface area contributed by atoms with Crippen LogP contribution in [0.25, 0.3) is 11.0 Å². The van der Waals surface area contributed by atoms with Gasteiger partial charge >= 0.3 is 0 Å². The first-order chi connectivity index (χ1) is 15.0. The van der Waals surface area contributed by atoms with E-state index in [-0.39, 0.29) is 5.82 Å². The summed E-state index contributed by atoms with van der Waals surface area (Å²) in [6, 6.07) is 5.65. The van der Waals surface area contributed by atoms with Gasteiger partial charge in [-0.2, -0.15) is 0 Å². The lowest BCUT2D eigenvalue weighted by molar-refractivity contribution is -0.112. The summed E-state index contributed by atoms with van der Waals surface area (Å²) in [5.41, 5.74) is 2.53. The Bertz CT molecular complexity index is 950. The maximum absolute atomic E-state index is 13.9. The lowest BCUT2D eigenvalue weighted by Gasteiger charge is -2.61. The third-order valence-corrected chi connectivity index (χ3v) is 9.52. The largest absolute Gasteiger partial charge is 0.324 e. The molecule has 2 bridgehead atoms. The number of hydrogen-bond acceptors (Lipinski definition) is 3. The molecule has 0 amide bonds. The van der Waals surface area contributed by atoms with Crippen LogP contribution in [0, 0.1) is 29.0 Å². The summed E-state index contributed by atoms with van der Waals surface area (Å²) in [4.78, 5) is 7.69. The number of rotatable bonds is 4. The number of hydrogen-bond donors (Lipinski definition) is 1.